The highest BCUT2D eigenvalue weighted by atomic mass is 16.5. The van der Waals surface area contributed by atoms with E-state index in [2.05, 4.69) is 16.4 Å². The molecular weight excluding hydrogens is 404 g/mol. The van der Waals surface area contributed by atoms with E-state index in [0.717, 1.165) is 36.9 Å². The van der Waals surface area contributed by atoms with Crippen molar-refractivity contribution in [2.75, 3.05) is 0 Å². The Morgan fingerprint density at radius 2 is 2.00 bits per heavy atom. The maximum atomic E-state index is 12.0. The lowest BCUT2D eigenvalue weighted by Crippen LogP contribution is -2.58. The summed E-state index contributed by atoms with van der Waals surface area (Å²) < 4.78 is 13.4. The highest BCUT2D eigenvalue weighted by Gasteiger charge is 2.54. The summed E-state index contributed by atoms with van der Waals surface area (Å²) in [5, 5.41) is 12.4. The number of carbonyl (C=O) groups is 1. The molecule has 0 atom stereocenters. The number of nitrogens with one attached hydrogen (secondary N) is 1. The zero-order chi connectivity index (χ0) is 22.0. The van der Waals surface area contributed by atoms with Gasteiger partial charge in [0.05, 0.1) is 23.7 Å². The van der Waals surface area contributed by atoms with E-state index in [4.69, 9.17) is 9.47 Å². The number of nitriles is 1. The molecule has 2 saturated carbocycles. The van der Waals surface area contributed by atoms with E-state index in [-0.39, 0.29) is 30.3 Å². The fraction of sp³-hybridized carbons (Fsp3) is 0.320. The average Bonchev–Trinajstić information content (AvgIpc) is 3.30. The number of carbonyl (C=O) groups excluding carboxylic acids is 1. The van der Waals surface area contributed by atoms with E-state index < -0.39 is 0 Å². The van der Waals surface area contributed by atoms with Gasteiger partial charge in [0.15, 0.2) is 0 Å². The molecule has 1 amide bonds. The van der Waals surface area contributed by atoms with Crippen molar-refractivity contribution >= 4 is 6.09 Å². The molecule has 32 heavy (non-hydrogen) atoms. The third-order valence-corrected chi connectivity index (χ3v) is 6.40. The predicted octanol–water partition coefficient (Wildman–Crippen LogP) is 4.36. The Hall–Kier alpha value is -3.79. The van der Waals surface area contributed by atoms with E-state index >= 15 is 0 Å². The molecule has 7 heteroatoms. The molecule has 3 aromatic rings. The first-order valence-electron chi connectivity index (χ1n) is 10.8. The van der Waals surface area contributed by atoms with Gasteiger partial charge in [-0.05, 0) is 48.8 Å². The van der Waals surface area contributed by atoms with Crippen LogP contribution in [0.2, 0.25) is 0 Å². The molecule has 7 nitrogen and oxygen atoms in total. The van der Waals surface area contributed by atoms with Crippen LogP contribution >= 0.6 is 0 Å². The molecule has 5 rings (SSSR count). The minimum absolute atomic E-state index is 0.0890. The molecule has 1 heterocycles. The van der Waals surface area contributed by atoms with Crippen LogP contribution in [-0.4, -0.2) is 27.8 Å². The first kappa shape index (κ1) is 20.1. The second-order valence-electron chi connectivity index (χ2n) is 8.72. The van der Waals surface area contributed by atoms with E-state index in [1.54, 1.807) is 18.6 Å². The van der Waals surface area contributed by atoms with Crippen molar-refractivity contribution in [3.05, 3.63) is 78.4 Å². The van der Waals surface area contributed by atoms with Crippen molar-refractivity contribution < 1.29 is 14.3 Å². The molecule has 0 saturated heterocycles. The fourth-order valence-electron chi connectivity index (χ4n) is 4.79. The number of aromatic nitrogens is 2. The van der Waals surface area contributed by atoms with Crippen molar-refractivity contribution in [2.45, 2.75) is 44.4 Å². The number of hydrogen-bond acceptors (Lipinski definition) is 5. The van der Waals surface area contributed by atoms with Crippen LogP contribution in [0.3, 0.4) is 0 Å². The Morgan fingerprint density at radius 1 is 1.19 bits per heavy atom. The molecule has 2 aliphatic rings. The predicted molar refractivity (Wildman–Crippen MR) is 117 cm³/mol. The third-order valence-electron chi connectivity index (χ3n) is 6.40. The van der Waals surface area contributed by atoms with Crippen LogP contribution in [-0.2, 0) is 11.3 Å². The van der Waals surface area contributed by atoms with E-state index in [0.29, 0.717) is 11.3 Å². The summed E-state index contributed by atoms with van der Waals surface area (Å²) in [7, 11) is 0. The van der Waals surface area contributed by atoms with Crippen molar-refractivity contribution in [1.82, 2.24) is 14.9 Å². The molecule has 1 N–H and O–H groups in total. The average molecular weight is 428 g/mol. The Labute approximate surface area is 186 Å². The Balaban J connectivity index is 1.09. The first-order valence-corrected chi connectivity index (χ1v) is 10.8. The Morgan fingerprint density at radius 3 is 2.72 bits per heavy atom. The maximum Gasteiger partial charge on any atom is 0.407 e. The molecule has 0 unspecified atom stereocenters. The van der Waals surface area contributed by atoms with Crippen LogP contribution in [0.4, 0.5) is 4.79 Å². The van der Waals surface area contributed by atoms with E-state index in [1.165, 1.54) is 0 Å². The van der Waals surface area contributed by atoms with Crippen molar-refractivity contribution in [3.63, 3.8) is 0 Å². The number of imidazole rings is 1. The lowest BCUT2D eigenvalue weighted by molar-refractivity contribution is -0.0843. The van der Waals surface area contributed by atoms with Gasteiger partial charge in [-0.1, -0.05) is 30.3 Å². The first-order chi connectivity index (χ1) is 15.6. The largest absolute Gasteiger partial charge is 0.489 e. The standard InChI is InChI=1S/C25H24N4O3/c26-15-19-6-7-21(29-9-8-27-17-29)10-23(19)32-22-13-25(14-22)11-20(12-25)28-24(30)31-16-18-4-2-1-3-5-18/h1-10,17,20,22H,11-14,16H2,(H,28,30). The molecule has 2 fully saturated rings. The van der Waals surface area contributed by atoms with Crippen molar-refractivity contribution in [3.8, 4) is 17.5 Å². The number of nitrogens with zero attached hydrogens (tertiary/aromatic N) is 3. The van der Waals surface area contributed by atoms with Gasteiger partial charge in [-0.25, -0.2) is 9.78 Å². The normalized spacial score (nSPS) is 23.5. The number of ether oxygens (including phenoxy) is 2. The molecule has 1 aromatic heterocycles. The van der Waals surface area contributed by atoms with Gasteiger partial charge >= 0.3 is 6.09 Å². The van der Waals surface area contributed by atoms with Gasteiger partial charge in [0.25, 0.3) is 0 Å². The number of benzene rings is 2. The van der Waals surface area contributed by atoms with Gasteiger partial charge in [0, 0.05) is 24.5 Å². The van der Waals surface area contributed by atoms with E-state index in [9.17, 15) is 10.1 Å². The lowest BCUT2D eigenvalue weighted by atomic mass is 9.53. The Kier molecular flexibility index (Phi) is 5.28. The van der Waals surface area contributed by atoms with Crippen LogP contribution in [0.5, 0.6) is 5.75 Å². The van der Waals surface area contributed by atoms with Crippen LogP contribution in [0.25, 0.3) is 5.69 Å². The lowest BCUT2D eigenvalue weighted by Gasteiger charge is -2.57. The minimum atomic E-state index is -0.365. The molecule has 1 spiro atoms. The van der Waals surface area contributed by atoms with Crippen LogP contribution in [0.15, 0.2) is 67.3 Å². The zero-order valence-electron chi connectivity index (χ0n) is 17.6. The second kappa shape index (κ2) is 8.39. The van der Waals surface area contributed by atoms with Gasteiger partial charge in [-0.3, -0.25) is 0 Å². The topological polar surface area (TPSA) is 89.2 Å². The molecule has 2 aromatic carbocycles. The number of alkyl carbamates (subject to hydrolysis) is 1. The second-order valence-corrected chi connectivity index (χ2v) is 8.72. The van der Waals surface area contributed by atoms with Gasteiger partial charge in [-0.15, -0.1) is 0 Å². The quantitative estimate of drug-likeness (QED) is 0.630. The maximum absolute atomic E-state index is 12.0. The Bertz CT molecular complexity index is 1120. The smallest absolute Gasteiger partial charge is 0.407 e. The summed E-state index contributed by atoms with van der Waals surface area (Å²) in [6.45, 7) is 0.278. The summed E-state index contributed by atoms with van der Waals surface area (Å²) in [4.78, 5) is 16.1. The third kappa shape index (κ3) is 4.17. The SMILES string of the molecule is N#Cc1ccc(-n2ccnc2)cc1OC1CC2(CC(NC(=O)OCc3ccccc3)C2)C1. The van der Waals surface area contributed by atoms with Crippen LogP contribution < -0.4 is 10.1 Å². The molecular formula is C25H24N4O3. The van der Waals surface area contributed by atoms with Crippen LogP contribution in [0, 0.1) is 16.7 Å². The van der Waals surface area contributed by atoms with Crippen LogP contribution in [0.1, 0.15) is 36.8 Å². The van der Waals surface area contributed by atoms with Crippen molar-refractivity contribution in [1.29, 1.82) is 5.26 Å². The monoisotopic (exact) mass is 428 g/mol. The zero-order valence-corrected chi connectivity index (χ0v) is 17.6. The molecule has 162 valence electrons. The number of rotatable bonds is 6. The van der Waals surface area contributed by atoms with Gasteiger partial charge < -0.3 is 19.4 Å². The minimum Gasteiger partial charge on any atom is -0.489 e. The van der Waals surface area contributed by atoms with Gasteiger partial charge in [0.1, 0.15) is 18.4 Å². The summed E-state index contributed by atoms with van der Waals surface area (Å²) in [5.74, 6) is 0.608. The van der Waals surface area contributed by atoms with Gasteiger partial charge in [-0.2, -0.15) is 5.26 Å². The van der Waals surface area contributed by atoms with Gasteiger partial charge in [0.2, 0.25) is 0 Å². The number of amides is 1. The molecule has 2 aliphatic carbocycles. The number of hydrogen-bond donors (Lipinski definition) is 1. The highest BCUT2D eigenvalue weighted by molar-refractivity contribution is 5.67. The van der Waals surface area contributed by atoms with E-state index in [1.807, 2.05) is 53.2 Å². The molecule has 0 bridgehead atoms. The summed E-state index contributed by atoms with van der Waals surface area (Å²) in [5.41, 5.74) is 2.65. The summed E-state index contributed by atoms with van der Waals surface area (Å²) >= 11 is 0. The molecule has 0 aliphatic heterocycles. The fourth-order valence-corrected chi connectivity index (χ4v) is 4.79. The highest BCUT2D eigenvalue weighted by Crippen LogP contribution is 2.57. The van der Waals surface area contributed by atoms with Crippen molar-refractivity contribution in [2.24, 2.45) is 5.41 Å². The molecule has 0 radical (unpaired) electrons. The summed E-state index contributed by atoms with van der Waals surface area (Å²) in [6, 6.07) is 17.6. The summed E-state index contributed by atoms with van der Waals surface area (Å²) in [6.07, 6.45) is 8.76.